The van der Waals surface area contributed by atoms with Gasteiger partial charge in [0.05, 0.1) is 17.9 Å². The lowest BCUT2D eigenvalue weighted by molar-refractivity contribution is -0.142. The number of hydrogen-bond donors (Lipinski definition) is 1. The number of benzene rings is 1. The molecule has 0 unspecified atom stereocenters. The van der Waals surface area contributed by atoms with Crippen molar-refractivity contribution < 1.29 is 17.9 Å². The second kappa shape index (κ2) is 6.32. The lowest BCUT2D eigenvalue weighted by Gasteiger charge is -2.05. The standard InChI is InChI=1S/C12H15NO4S/c1-2-17-12(14)9-11(18(13,15)16)8-10-6-4-3-5-7-10/h3-8H,2,9H2,1H3,(H2,13,15,16). The molecule has 2 N–H and O–H groups in total. The van der Waals surface area contributed by atoms with Gasteiger partial charge in [-0.3, -0.25) is 4.79 Å². The maximum Gasteiger partial charge on any atom is 0.311 e. The highest BCUT2D eigenvalue weighted by Crippen LogP contribution is 2.14. The third kappa shape index (κ3) is 4.68. The zero-order valence-electron chi connectivity index (χ0n) is 10.00. The molecule has 0 spiro atoms. The molecular formula is C12H15NO4S. The second-order valence-corrected chi connectivity index (χ2v) is 5.16. The largest absolute Gasteiger partial charge is 0.466 e. The van der Waals surface area contributed by atoms with Gasteiger partial charge in [-0.15, -0.1) is 0 Å². The van der Waals surface area contributed by atoms with Gasteiger partial charge in [0.1, 0.15) is 0 Å². The Hall–Kier alpha value is -1.66. The summed E-state index contributed by atoms with van der Waals surface area (Å²) in [5.41, 5.74) is 0.658. The molecule has 1 rings (SSSR count). The molecule has 5 nitrogen and oxygen atoms in total. The third-order valence-electron chi connectivity index (χ3n) is 2.12. The van der Waals surface area contributed by atoms with Crippen LogP contribution in [0.25, 0.3) is 6.08 Å². The Labute approximate surface area is 106 Å². The van der Waals surface area contributed by atoms with E-state index in [2.05, 4.69) is 0 Å². The van der Waals surface area contributed by atoms with Gasteiger partial charge in [0, 0.05) is 0 Å². The van der Waals surface area contributed by atoms with Crippen molar-refractivity contribution in [2.24, 2.45) is 5.14 Å². The number of sulfonamides is 1. The Morgan fingerprint density at radius 3 is 2.44 bits per heavy atom. The van der Waals surface area contributed by atoms with E-state index in [4.69, 9.17) is 9.88 Å². The van der Waals surface area contributed by atoms with Crippen LogP contribution in [-0.4, -0.2) is 21.0 Å². The maximum absolute atomic E-state index is 11.4. The SMILES string of the molecule is CCOC(=O)CC(=Cc1ccccc1)S(N)(=O)=O. The summed E-state index contributed by atoms with van der Waals surface area (Å²) in [4.78, 5) is 11.1. The molecular weight excluding hydrogens is 254 g/mol. The quantitative estimate of drug-likeness (QED) is 0.815. The van der Waals surface area contributed by atoms with Gasteiger partial charge in [0.25, 0.3) is 0 Å². The van der Waals surface area contributed by atoms with Crippen molar-refractivity contribution in [3.05, 3.63) is 40.8 Å². The van der Waals surface area contributed by atoms with E-state index in [-0.39, 0.29) is 17.9 Å². The first-order valence-electron chi connectivity index (χ1n) is 5.37. The molecule has 0 aromatic heterocycles. The van der Waals surface area contributed by atoms with Crippen molar-refractivity contribution in [1.82, 2.24) is 0 Å². The molecule has 6 heteroatoms. The number of nitrogens with two attached hydrogens (primary N) is 1. The van der Waals surface area contributed by atoms with Gasteiger partial charge in [-0.2, -0.15) is 0 Å². The van der Waals surface area contributed by atoms with E-state index in [1.807, 2.05) is 0 Å². The predicted molar refractivity (Wildman–Crippen MR) is 68.8 cm³/mol. The summed E-state index contributed by atoms with van der Waals surface area (Å²) in [6.07, 6.45) is 1.01. The fourth-order valence-electron chi connectivity index (χ4n) is 1.32. The summed E-state index contributed by atoms with van der Waals surface area (Å²) in [5.74, 6) is -0.617. The smallest absolute Gasteiger partial charge is 0.311 e. The molecule has 18 heavy (non-hydrogen) atoms. The van der Waals surface area contributed by atoms with Crippen molar-refractivity contribution in [2.45, 2.75) is 13.3 Å². The highest BCUT2D eigenvalue weighted by Gasteiger charge is 2.17. The van der Waals surface area contributed by atoms with Crippen molar-refractivity contribution in [3.63, 3.8) is 0 Å². The molecule has 1 aromatic rings. The van der Waals surface area contributed by atoms with Gasteiger partial charge in [0.15, 0.2) is 0 Å². The van der Waals surface area contributed by atoms with Crippen LogP contribution in [0.15, 0.2) is 35.2 Å². The van der Waals surface area contributed by atoms with Crippen molar-refractivity contribution >= 4 is 22.1 Å². The molecule has 0 heterocycles. The Morgan fingerprint density at radius 1 is 1.33 bits per heavy atom. The van der Waals surface area contributed by atoms with Crippen LogP contribution < -0.4 is 5.14 Å². The number of rotatable bonds is 5. The summed E-state index contributed by atoms with van der Waals surface area (Å²) in [7, 11) is -3.92. The van der Waals surface area contributed by atoms with E-state index in [0.717, 1.165) is 0 Å². The van der Waals surface area contributed by atoms with Gasteiger partial charge in [0.2, 0.25) is 10.0 Å². The lowest BCUT2D eigenvalue weighted by atomic mass is 10.2. The van der Waals surface area contributed by atoms with E-state index in [0.29, 0.717) is 5.56 Å². The van der Waals surface area contributed by atoms with Crippen LogP contribution >= 0.6 is 0 Å². The summed E-state index contributed by atoms with van der Waals surface area (Å²) in [5, 5.41) is 5.07. The first-order valence-corrected chi connectivity index (χ1v) is 6.92. The minimum Gasteiger partial charge on any atom is -0.466 e. The Balaban J connectivity index is 3.01. The zero-order valence-corrected chi connectivity index (χ0v) is 10.8. The van der Waals surface area contributed by atoms with E-state index in [9.17, 15) is 13.2 Å². The van der Waals surface area contributed by atoms with Crippen LogP contribution in [0.4, 0.5) is 0 Å². The summed E-state index contributed by atoms with van der Waals surface area (Å²) in [6, 6.07) is 8.76. The molecule has 0 fully saturated rings. The van der Waals surface area contributed by atoms with Gasteiger partial charge in [-0.25, -0.2) is 13.6 Å². The molecule has 0 saturated carbocycles. The molecule has 0 bridgehead atoms. The fraction of sp³-hybridized carbons (Fsp3) is 0.250. The number of primary sulfonamides is 1. The minimum atomic E-state index is -3.92. The number of esters is 1. The topological polar surface area (TPSA) is 86.5 Å². The molecule has 0 atom stereocenters. The number of ether oxygens (including phenoxy) is 1. The predicted octanol–water partition coefficient (Wildman–Crippen LogP) is 1.27. The molecule has 0 amide bonds. The summed E-state index contributed by atoms with van der Waals surface area (Å²) in [6.45, 7) is 1.84. The van der Waals surface area contributed by atoms with E-state index >= 15 is 0 Å². The Bertz CT molecular complexity index is 534. The van der Waals surface area contributed by atoms with Crippen molar-refractivity contribution in [3.8, 4) is 0 Å². The van der Waals surface area contributed by atoms with E-state index < -0.39 is 16.0 Å². The van der Waals surface area contributed by atoms with E-state index in [1.54, 1.807) is 37.3 Å². The first-order chi connectivity index (χ1) is 8.43. The van der Waals surface area contributed by atoms with Crippen LogP contribution in [0.1, 0.15) is 18.9 Å². The molecule has 0 aliphatic carbocycles. The van der Waals surface area contributed by atoms with E-state index in [1.165, 1.54) is 6.08 Å². The normalized spacial score (nSPS) is 12.2. The zero-order chi connectivity index (χ0) is 13.6. The summed E-state index contributed by atoms with van der Waals surface area (Å²) >= 11 is 0. The number of carbonyl (C=O) groups excluding carboxylic acids is 1. The first kappa shape index (κ1) is 14.4. The van der Waals surface area contributed by atoms with Crippen LogP contribution in [-0.2, 0) is 19.6 Å². The molecule has 0 saturated heterocycles. The monoisotopic (exact) mass is 269 g/mol. The van der Waals surface area contributed by atoms with Crippen LogP contribution in [0.3, 0.4) is 0 Å². The Morgan fingerprint density at radius 2 is 1.94 bits per heavy atom. The van der Waals surface area contributed by atoms with Gasteiger partial charge < -0.3 is 4.74 Å². The van der Waals surface area contributed by atoms with Gasteiger partial charge in [-0.1, -0.05) is 30.3 Å². The van der Waals surface area contributed by atoms with Crippen LogP contribution in [0.2, 0.25) is 0 Å². The number of carbonyl (C=O) groups is 1. The van der Waals surface area contributed by atoms with Crippen LogP contribution in [0, 0.1) is 0 Å². The second-order valence-electron chi connectivity index (χ2n) is 3.55. The molecule has 0 radical (unpaired) electrons. The van der Waals surface area contributed by atoms with Crippen molar-refractivity contribution in [1.29, 1.82) is 0 Å². The fourth-order valence-corrected chi connectivity index (χ4v) is 1.94. The Kier molecular flexibility index (Phi) is 5.06. The number of hydrogen-bond acceptors (Lipinski definition) is 4. The van der Waals surface area contributed by atoms with Gasteiger partial charge in [-0.05, 0) is 18.6 Å². The van der Waals surface area contributed by atoms with Gasteiger partial charge >= 0.3 is 5.97 Å². The molecule has 0 aliphatic rings. The third-order valence-corrected chi connectivity index (χ3v) is 3.11. The molecule has 1 aromatic carbocycles. The minimum absolute atomic E-state index is 0.160. The van der Waals surface area contributed by atoms with Crippen molar-refractivity contribution in [2.75, 3.05) is 6.61 Å². The molecule has 0 aliphatic heterocycles. The lowest BCUT2D eigenvalue weighted by Crippen LogP contribution is -2.18. The van der Waals surface area contributed by atoms with Crippen LogP contribution in [0.5, 0.6) is 0 Å². The highest BCUT2D eigenvalue weighted by molar-refractivity contribution is 7.93. The highest BCUT2D eigenvalue weighted by atomic mass is 32.2. The summed E-state index contributed by atoms with van der Waals surface area (Å²) < 4.78 is 27.5. The maximum atomic E-state index is 11.4. The average molecular weight is 269 g/mol. The average Bonchev–Trinajstić information content (AvgIpc) is 2.28. The molecule has 98 valence electrons.